The molecule has 0 radical (unpaired) electrons. The normalized spacial score (nSPS) is 14.0. The summed E-state index contributed by atoms with van der Waals surface area (Å²) in [6, 6.07) is 99.5. The maximum absolute atomic E-state index is 10.2. The van der Waals surface area contributed by atoms with Gasteiger partial charge in [-0.1, -0.05) is 370 Å². The van der Waals surface area contributed by atoms with Crippen molar-refractivity contribution in [1.29, 1.82) is 0 Å². The molecule has 15 aromatic carbocycles. The van der Waals surface area contributed by atoms with E-state index >= 15 is 0 Å². The van der Waals surface area contributed by atoms with Crippen molar-refractivity contribution in [1.82, 2.24) is 4.57 Å². The van der Waals surface area contributed by atoms with E-state index in [2.05, 4.69) is 388 Å². The molecular formula is C110H99BN2S. The molecule has 0 spiro atoms. The summed E-state index contributed by atoms with van der Waals surface area (Å²) in [5.41, 5.74) is 29.6. The van der Waals surface area contributed by atoms with Gasteiger partial charge in [0, 0.05) is 48.8 Å². The molecule has 0 amide bonds. The molecular weight excluding hydrogens is 1390 g/mol. The molecule has 558 valence electrons. The third kappa shape index (κ3) is 13.6. The minimum atomic E-state index is -0.523. The summed E-state index contributed by atoms with van der Waals surface area (Å²) in [6.45, 7) is 33.9. The van der Waals surface area contributed by atoms with Crippen molar-refractivity contribution in [2.75, 3.05) is 4.90 Å². The van der Waals surface area contributed by atoms with Crippen LogP contribution in [0.2, 0.25) is 0 Å². The standard InChI is InChI=1S/C110H99BN2S/c1-106(2,3)85-57-82(58-86(64-85)107(4,5)6)76-50-51-96-100(63-76)113(104-93(77-44-32-42-74(52-77)70-34-20-16-21-35-70)66-89(110(13,14)15)67-94(104)78-45-33-43-75(53-78)71-36-22-17-23-37-71)101-68-90(112-98-48-30-28-46-91(98)92-47-29-31-49-99(92)112)69-102-103(101)111(96)97-62-83(61-95(105(97)114-102)84-59-87(108(7,8)9)65-88(60-84)109(10,11)12)81-55-79(72-38-24-18-25-39-72)54-80(56-81)73-40-26-19-27-41-73/h16-69H,1-15H3/i28D,29D,30D,31D,46D,47D,48D,49D. The fraction of sp³-hybridized carbons (Fsp3) is 0.182. The molecule has 0 bridgehead atoms. The van der Waals surface area contributed by atoms with Gasteiger partial charge in [-0.3, -0.25) is 0 Å². The first kappa shape index (κ1) is 64.8. The minimum Gasteiger partial charge on any atom is -0.310 e. The van der Waals surface area contributed by atoms with Crippen molar-refractivity contribution in [3.8, 4) is 106 Å². The lowest BCUT2D eigenvalue weighted by atomic mass is 9.34. The summed E-state index contributed by atoms with van der Waals surface area (Å²) in [4.78, 5) is 4.42. The zero-order chi connectivity index (χ0) is 85.9. The Morgan fingerprint density at radius 1 is 0.281 bits per heavy atom. The van der Waals surface area contributed by atoms with E-state index in [9.17, 15) is 11.0 Å². The summed E-state index contributed by atoms with van der Waals surface area (Å²) >= 11 is 1.69. The van der Waals surface area contributed by atoms with Gasteiger partial charge >= 0.3 is 0 Å². The lowest BCUT2D eigenvalue weighted by Gasteiger charge is -2.43. The smallest absolute Gasteiger partial charge is 0.249 e. The zero-order valence-electron chi connectivity index (χ0n) is 75.9. The predicted octanol–water partition coefficient (Wildman–Crippen LogP) is 29.0. The first-order chi connectivity index (χ1) is 58.0. The first-order valence-corrected chi connectivity index (χ1v) is 40.9. The van der Waals surface area contributed by atoms with Gasteiger partial charge in [-0.25, -0.2) is 0 Å². The van der Waals surface area contributed by atoms with E-state index in [1.807, 2.05) is 0 Å². The molecule has 3 heterocycles. The maximum Gasteiger partial charge on any atom is 0.249 e. The summed E-state index contributed by atoms with van der Waals surface area (Å²) in [7, 11) is 0. The number of nitrogens with zero attached hydrogens (tertiary/aromatic N) is 2. The van der Waals surface area contributed by atoms with Gasteiger partial charge < -0.3 is 9.47 Å². The molecule has 0 unspecified atom stereocenters. The highest BCUT2D eigenvalue weighted by Crippen LogP contribution is 2.55. The van der Waals surface area contributed by atoms with Crippen LogP contribution in [-0.2, 0) is 27.1 Å². The number of benzene rings is 15. The lowest BCUT2D eigenvalue weighted by Crippen LogP contribution is -2.60. The van der Waals surface area contributed by atoms with Crippen molar-refractivity contribution < 1.29 is 11.0 Å². The molecule has 0 fully saturated rings. The van der Waals surface area contributed by atoms with Crippen LogP contribution in [0, 0.1) is 0 Å². The average Bonchev–Trinajstić information content (AvgIpc) is 1.34. The van der Waals surface area contributed by atoms with Crippen molar-refractivity contribution in [2.45, 2.75) is 141 Å². The number of hydrogen-bond donors (Lipinski definition) is 0. The molecule has 1 aromatic heterocycles. The number of para-hydroxylation sites is 2. The molecule has 2 aliphatic heterocycles. The molecule has 18 rings (SSSR count). The van der Waals surface area contributed by atoms with Crippen molar-refractivity contribution in [3.63, 3.8) is 0 Å². The van der Waals surface area contributed by atoms with E-state index in [0.29, 0.717) is 5.69 Å². The van der Waals surface area contributed by atoms with Gasteiger partial charge in [0.25, 0.3) is 0 Å². The van der Waals surface area contributed by atoms with Gasteiger partial charge in [-0.2, -0.15) is 0 Å². The second-order valence-electron chi connectivity index (χ2n) is 36.4. The Kier molecular flexibility index (Phi) is 16.0. The third-order valence-corrected chi connectivity index (χ3v) is 24.6. The van der Waals surface area contributed by atoms with Gasteiger partial charge in [0.2, 0.25) is 6.71 Å². The summed E-state index contributed by atoms with van der Waals surface area (Å²) in [6.07, 6.45) is 0. The number of fused-ring (bicyclic) bond motifs is 7. The van der Waals surface area contributed by atoms with Gasteiger partial charge in [0.1, 0.15) is 0 Å². The number of hydrogen-bond acceptors (Lipinski definition) is 2. The number of anilines is 3. The number of rotatable bonds is 11. The molecule has 114 heavy (non-hydrogen) atoms. The molecule has 0 N–H and O–H groups in total. The van der Waals surface area contributed by atoms with Gasteiger partial charge in [-0.15, -0.1) is 0 Å². The summed E-state index contributed by atoms with van der Waals surface area (Å²) in [5.74, 6) is 0. The van der Waals surface area contributed by atoms with Crippen molar-refractivity contribution in [2.24, 2.45) is 0 Å². The molecule has 0 saturated heterocycles. The lowest BCUT2D eigenvalue weighted by molar-refractivity contribution is 0.568. The van der Waals surface area contributed by atoms with Crippen LogP contribution in [0.5, 0.6) is 0 Å². The van der Waals surface area contributed by atoms with E-state index in [1.165, 1.54) is 22.3 Å². The highest BCUT2D eigenvalue weighted by Gasteiger charge is 2.45. The van der Waals surface area contributed by atoms with E-state index in [0.717, 1.165) is 149 Å². The quantitative estimate of drug-likeness (QED) is 0.119. The summed E-state index contributed by atoms with van der Waals surface area (Å²) < 4.78 is 79.7. The largest absolute Gasteiger partial charge is 0.310 e. The highest BCUT2D eigenvalue weighted by molar-refractivity contribution is 8.00. The first-order valence-electron chi connectivity index (χ1n) is 44.0. The fourth-order valence-electron chi connectivity index (χ4n) is 16.9. The van der Waals surface area contributed by atoms with E-state index in [1.54, 1.807) is 16.3 Å². The second-order valence-corrected chi connectivity index (χ2v) is 37.5. The van der Waals surface area contributed by atoms with Crippen molar-refractivity contribution in [3.05, 3.63) is 355 Å². The molecule has 0 saturated carbocycles. The Morgan fingerprint density at radius 2 is 0.649 bits per heavy atom. The Bertz CT molecular complexity index is 6650. The van der Waals surface area contributed by atoms with Gasteiger partial charge in [0.05, 0.1) is 27.7 Å². The monoisotopic (exact) mass is 1500 g/mol. The molecule has 0 aliphatic carbocycles. The van der Waals surface area contributed by atoms with E-state index in [4.69, 9.17) is 0 Å². The van der Waals surface area contributed by atoms with E-state index < -0.39 is 48.4 Å². The van der Waals surface area contributed by atoms with Crippen LogP contribution in [0.3, 0.4) is 0 Å². The molecule has 4 heteroatoms. The van der Waals surface area contributed by atoms with Crippen LogP contribution >= 0.6 is 11.8 Å². The zero-order valence-corrected chi connectivity index (χ0v) is 68.8. The molecule has 0 atom stereocenters. The highest BCUT2D eigenvalue weighted by atomic mass is 32.2. The Morgan fingerprint density at radius 3 is 1.11 bits per heavy atom. The van der Waals surface area contributed by atoms with Gasteiger partial charge in [0.15, 0.2) is 0 Å². The van der Waals surface area contributed by atoms with Crippen molar-refractivity contribution >= 4 is 73.7 Å². The third-order valence-electron chi connectivity index (χ3n) is 23.4. The Labute approximate surface area is 691 Å². The Balaban J connectivity index is 1.06. The Hall–Kier alpha value is -11.7. The van der Waals surface area contributed by atoms with Crippen LogP contribution in [0.4, 0.5) is 17.1 Å². The van der Waals surface area contributed by atoms with Gasteiger partial charge in [-0.05, 0) is 234 Å². The molecule has 2 aliphatic rings. The average molecular weight is 1500 g/mol. The van der Waals surface area contributed by atoms with Crippen LogP contribution in [0.15, 0.2) is 337 Å². The number of aromatic nitrogens is 1. The maximum atomic E-state index is 10.2. The predicted molar refractivity (Wildman–Crippen MR) is 493 cm³/mol. The fourth-order valence-corrected chi connectivity index (χ4v) is 18.2. The summed E-state index contributed by atoms with van der Waals surface area (Å²) in [5, 5.41) is 0.0150. The van der Waals surface area contributed by atoms with Crippen LogP contribution in [0.1, 0.15) is 143 Å². The second kappa shape index (κ2) is 28.1. The van der Waals surface area contributed by atoms with Crippen LogP contribution < -0.4 is 21.3 Å². The molecule has 16 aromatic rings. The SMILES string of the molecule is [2H]c1c([2H])c([2H])c2c(c1[2H])c1c([2H])c([2H])c([2H])c([2H])c1n2-c1cc2c3c(c1)N(c1c(-c4cccc(-c5ccccc5)c4)cc(C(C)(C)C)cc1-c1cccc(-c4ccccc4)c1)c1cc(-c4cc(C(C)(C)C)cc(C(C)(C)C)c4)ccc1B3c1cc(-c3cc(-c4ccccc4)cc(-c4ccccc4)c3)cc(-c3cc(C(C)(C)C)cc(C(C)(C)C)c3)c1S2. The topological polar surface area (TPSA) is 8.17 Å². The molecule has 2 nitrogen and oxygen atoms in total. The van der Waals surface area contributed by atoms with Crippen LogP contribution in [-0.4, -0.2) is 11.3 Å². The minimum absolute atomic E-state index is 0.00749. The van der Waals surface area contributed by atoms with E-state index in [-0.39, 0.29) is 55.6 Å². The van der Waals surface area contributed by atoms with Crippen LogP contribution in [0.25, 0.3) is 128 Å².